The highest BCUT2D eigenvalue weighted by Crippen LogP contribution is 2.31. The number of nitrogens with one attached hydrogen (secondary N) is 1. The Morgan fingerprint density at radius 2 is 1.96 bits per heavy atom. The number of amides is 2. The Labute approximate surface area is 154 Å². The third-order valence-corrected chi connectivity index (χ3v) is 4.79. The Kier molecular flexibility index (Phi) is 4.87. The summed E-state index contributed by atoms with van der Waals surface area (Å²) in [6, 6.07) is 13.5. The summed E-state index contributed by atoms with van der Waals surface area (Å²) in [6.45, 7) is 1.93. The van der Waals surface area contributed by atoms with Crippen LogP contribution in [0.3, 0.4) is 0 Å². The van der Waals surface area contributed by atoms with Crippen LogP contribution < -0.4 is 5.43 Å². The molecular formula is C18H14N2O3S2. The van der Waals surface area contributed by atoms with Crippen LogP contribution in [-0.2, 0) is 4.79 Å². The van der Waals surface area contributed by atoms with Crippen LogP contribution in [0.15, 0.2) is 53.4 Å². The number of carbonyl (C=O) groups is 2. The van der Waals surface area contributed by atoms with Crippen LogP contribution in [0.5, 0.6) is 5.75 Å². The first-order valence-electron chi connectivity index (χ1n) is 7.39. The monoisotopic (exact) mass is 370 g/mol. The molecule has 0 atom stereocenters. The number of hydrogen-bond donors (Lipinski definition) is 2. The summed E-state index contributed by atoms with van der Waals surface area (Å²) < 4.78 is 0.247. The number of thioether (sulfide) groups is 1. The van der Waals surface area contributed by atoms with Crippen molar-refractivity contribution in [2.45, 2.75) is 6.92 Å². The molecule has 7 heteroatoms. The summed E-state index contributed by atoms with van der Waals surface area (Å²) in [5.41, 5.74) is 4.68. The Morgan fingerprint density at radius 3 is 2.64 bits per heavy atom. The normalized spacial score (nSPS) is 15.7. The Bertz CT molecular complexity index is 891. The fourth-order valence-electron chi connectivity index (χ4n) is 2.20. The summed E-state index contributed by atoms with van der Waals surface area (Å²) >= 11 is 6.28. The van der Waals surface area contributed by atoms with Gasteiger partial charge in [0.1, 0.15) is 5.75 Å². The van der Waals surface area contributed by atoms with Crippen molar-refractivity contribution in [2.24, 2.45) is 0 Å². The van der Waals surface area contributed by atoms with Gasteiger partial charge >= 0.3 is 0 Å². The van der Waals surface area contributed by atoms with Gasteiger partial charge in [-0.15, -0.1) is 0 Å². The number of hydrogen-bond acceptors (Lipinski definition) is 5. The fourth-order valence-corrected chi connectivity index (χ4v) is 3.38. The Morgan fingerprint density at radius 1 is 1.24 bits per heavy atom. The number of rotatable bonds is 3. The van der Waals surface area contributed by atoms with E-state index in [1.54, 1.807) is 36.4 Å². The van der Waals surface area contributed by atoms with Gasteiger partial charge in [0.15, 0.2) is 4.32 Å². The van der Waals surface area contributed by atoms with E-state index in [4.69, 9.17) is 12.2 Å². The van der Waals surface area contributed by atoms with Crippen molar-refractivity contribution < 1.29 is 14.7 Å². The van der Waals surface area contributed by atoms with E-state index in [9.17, 15) is 14.7 Å². The highest BCUT2D eigenvalue weighted by Gasteiger charge is 2.33. The number of phenolic OH excluding ortho intramolecular Hbond substituents is 1. The maximum absolute atomic E-state index is 12.5. The first-order chi connectivity index (χ1) is 11.9. The maximum Gasteiger partial charge on any atom is 0.285 e. The summed E-state index contributed by atoms with van der Waals surface area (Å²) in [7, 11) is 0. The van der Waals surface area contributed by atoms with E-state index in [1.165, 1.54) is 6.07 Å². The topological polar surface area (TPSA) is 69.6 Å². The molecule has 1 aliphatic rings. The van der Waals surface area contributed by atoms with Gasteiger partial charge in [-0.25, -0.2) is 0 Å². The van der Waals surface area contributed by atoms with Crippen LogP contribution >= 0.6 is 24.0 Å². The molecule has 1 saturated heterocycles. The first-order valence-corrected chi connectivity index (χ1v) is 8.61. The minimum atomic E-state index is -0.407. The van der Waals surface area contributed by atoms with E-state index in [2.05, 4.69) is 5.43 Å². The van der Waals surface area contributed by atoms with Gasteiger partial charge in [-0.2, -0.15) is 5.01 Å². The molecule has 2 N–H and O–H groups in total. The number of nitrogens with zero attached hydrogens (tertiary/aromatic N) is 1. The number of thiocarbonyl (C=S) groups is 1. The fraction of sp³-hybridized carbons (Fsp3) is 0.0556. The second-order valence-corrected chi connectivity index (χ2v) is 7.09. The Hall–Kier alpha value is -2.64. The largest absolute Gasteiger partial charge is 0.508 e. The third kappa shape index (κ3) is 3.89. The van der Waals surface area contributed by atoms with E-state index < -0.39 is 11.8 Å². The summed E-state index contributed by atoms with van der Waals surface area (Å²) in [4.78, 5) is 25.2. The van der Waals surface area contributed by atoms with Gasteiger partial charge < -0.3 is 5.11 Å². The summed E-state index contributed by atoms with van der Waals surface area (Å²) in [5, 5.41) is 10.6. The van der Waals surface area contributed by atoms with Crippen molar-refractivity contribution >= 4 is 46.2 Å². The molecule has 0 saturated carbocycles. The quantitative estimate of drug-likeness (QED) is 0.641. The highest BCUT2D eigenvalue weighted by molar-refractivity contribution is 8.26. The van der Waals surface area contributed by atoms with Crippen molar-refractivity contribution in [3.63, 3.8) is 0 Å². The van der Waals surface area contributed by atoms with E-state index in [1.807, 2.05) is 19.1 Å². The van der Waals surface area contributed by atoms with Crippen molar-refractivity contribution in [3.8, 4) is 5.75 Å². The third-order valence-electron chi connectivity index (χ3n) is 3.49. The molecule has 2 aromatic rings. The molecule has 5 nitrogen and oxygen atoms in total. The van der Waals surface area contributed by atoms with E-state index >= 15 is 0 Å². The minimum Gasteiger partial charge on any atom is -0.508 e. The van der Waals surface area contributed by atoms with Gasteiger partial charge in [0.25, 0.3) is 11.8 Å². The second-order valence-electron chi connectivity index (χ2n) is 5.42. The summed E-state index contributed by atoms with van der Waals surface area (Å²) in [5.74, 6) is -0.703. The Balaban J connectivity index is 1.77. The lowest BCUT2D eigenvalue weighted by atomic mass is 10.1. The van der Waals surface area contributed by atoms with Gasteiger partial charge in [-0.1, -0.05) is 41.6 Å². The van der Waals surface area contributed by atoms with Crippen LogP contribution in [0.4, 0.5) is 0 Å². The molecule has 2 amide bonds. The van der Waals surface area contributed by atoms with Crippen LogP contribution in [-0.4, -0.2) is 26.3 Å². The van der Waals surface area contributed by atoms with Crippen molar-refractivity contribution in [1.82, 2.24) is 10.4 Å². The van der Waals surface area contributed by atoms with E-state index in [0.717, 1.165) is 22.3 Å². The molecule has 0 bridgehead atoms. The van der Waals surface area contributed by atoms with Crippen LogP contribution in [0.1, 0.15) is 21.5 Å². The van der Waals surface area contributed by atoms with Crippen molar-refractivity contribution in [3.05, 3.63) is 70.1 Å². The van der Waals surface area contributed by atoms with Crippen LogP contribution in [0.25, 0.3) is 6.08 Å². The minimum absolute atomic E-state index is 0.108. The van der Waals surface area contributed by atoms with Gasteiger partial charge in [0.2, 0.25) is 0 Å². The SMILES string of the molecule is Cc1ccc(C(=O)NN2C(=O)/C(=C/c3cccc(O)c3)SC2=S)cc1. The average Bonchev–Trinajstić information content (AvgIpc) is 2.83. The maximum atomic E-state index is 12.5. The van der Waals surface area contributed by atoms with Gasteiger partial charge in [0.05, 0.1) is 4.91 Å². The second kappa shape index (κ2) is 7.08. The zero-order valence-electron chi connectivity index (χ0n) is 13.2. The zero-order chi connectivity index (χ0) is 18.0. The first kappa shape index (κ1) is 17.2. The average molecular weight is 370 g/mol. The lowest BCUT2D eigenvalue weighted by Crippen LogP contribution is -2.44. The van der Waals surface area contributed by atoms with E-state index in [0.29, 0.717) is 16.0 Å². The smallest absolute Gasteiger partial charge is 0.285 e. The molecule has 1 fully saturated rings. The molecule has 0 spiro atoms. The van der Waals surface area contributed by atoms with Gasteiger partial charge in [0, 0.05) is 5.56 Å². The van der Waals surface area contributed by atoms with Gasteiger partial charge in [-0.3, -0.25) is 15.0 Å². The molecule has 0 radical (unpaired) electrons. The molecule has 2 aromatic carbocycles. The molecule has 0 unspecified atom stereocenters. The number of hydrazine groups is 1. The van der Waals surface area contributed by atoms with Crippen LogP contribution in [0, 0.1) is 6.92 Å². The van der Waals surface area contributed by atoms with Crippen molar-refractivity contribution in [1.29, 1.82) is 0 Å². The highest BCUT2D eigenvalue weighted by atomic mass is 32.2. The van der Waals surface area contributed by atoms with E-state index in [-0.39, 0.29) is 10.1 Å². The van der Waals surface area contributed by atoms with Gasteiger partial charge in [-0.05, 0) is 55.0 Å². The lowest BCUT2D eigenvalue weighted by Gasteiger charge is -2.15. The molecule has 1 heterocycles. The zero-order valence-corrected chi connectivity index (χ0v) is 14.9. The molecule has 3 rings (SSSR count). The molecular weight excluding hydrogens is 356 g/mol. The molecule has 25 heavy (non-hydrogen) atoms. The number of aryl methyl sites for hydroxylation is 1. The molecule has 1 aliphatic heterocycles. The predicted octanol–water partition coefficient (Wildman–Crippen LogP) is 3.25. The molecule has 0 aromatic heterocycles. The molecule has 0 aliphatic carbocycles. The summed E-state index contributed by atoms with van der Waals surface area (Å²) in [6.07, 6.45) is 1.62. The lowest BCUT2D eigenvalue weighted by molar-refractivity contribution is -0.123. The van der Waals surface area contributed by atoms with Crippen molar-refractivity contribution in [2.75, 3.05) is 0 Å². The number of carbonyl (C=O) groups excluding carboxylic acids is 2. The number of benzene rings is 2. The van der Waals surface area contributed by atoms with Crippen LogP contribution in [0.2, 0.25) is 0 Å². The standard InChI is InChI=1S/C18H14N2O3S2/c1-11-5-7-13(8-6-11)16(22)19-20-17(23)15(25-18(20)24)10-12-3-2-4-14(21)9-12/h2-10,21H,1H3,(H,19,22)/b15-10-. The number of phenols is 1. The predicted molar refractivity (Wildman–Crippen MR) is 102 cm³/mol. The number of aromatic hydroxyl groups is 1. The molecule has 126 valence electrons.